The van der Waals surface area contributed by atoms with Gasteiger partial charge in [-0.05, 0) is 62.0 Å². The Hall–Kier alpha value is -2.71. The van der Waals surface area contributed by atoms with E-state index in [9.17, 15) is 4.79 Å². The van der Waals surface area contributed by atoms with Gasteiger partial charge in [-0.2, -0.15) is 0 Å². The number of nitrogens with one attached hydrogen (secondary N) is 3. The zero-order valence-corrected chi connectivity index (χ0v) is 16.2. The average Bonchev–Trinajstić information content (AvgIpc) is 3.10. The Kier molecular flexibility index (Phi) is 5.88. The average molecular weight is 408 g/mol. The van der Waals surface area contributed by atoms with E-state index in [1.165, 1.54) is 0 Å². The number of ether oxygens (including phenoxy) is 3. The van der Waals surface area contributed by atoms with Gasteiger partial charge in [-0.1, -0.05) is 11.6 Å². The van der Waals surface area contributed by atoms with Crippen LogP contribution >= 0.6 is 23.8 Å². The number of hydrogen-bond donors (Lipinski definition) is 3. The molecule has 0 saturated heterocycles. The minimum absolute atomic E-state index is 0.197. The van der Waals surface area contributed by atoms with Crippen LogP contribution in [0.25, 0.3) is 0 Å². The van der Waals surface area contributed by atoms with Crippen molar-refractivity contribution in [3.8, 4) is 17.2 Å². The highest BCUT2D eigenvalue weighted by Gasteiger charge is 2.16. The smallest absolute Gasteiger partial charge is 0.279 e. The number of thiocarbonyl (C=S) groups is 1. The molecule has 1 aliphatic heterocycles. The van der Waals surface area contributed by atoms with Gasteiger partial charge in [0, 0.05) is 16.8 Å². The minimum Gasteiger partial charge on any atom is -0.481 e. The highest BCUT2D eigenvalue weighted by molar-refractivity contribution is 7.80. The van der Waals surface area contributed by atoms with E-state index in [-0.39, 0.29) is 17.8 Å². The summed E-state index contributed by atoms with van der Waals surface area (Å²) < 4.78 is 16.2. The fraction of sp³-hybridized carbons (Fsp3) is 0.222. The number of rotatable bonds is 4. The Labute approximate surface area is 166 Å². The van der Waals surface area contributed by atoms with Gasteiger partial charge in [0.25, 0.3) is 5.91 Å². The quantitative estimate of drug-likeness (QED) is 0.530. The number of benzene rings is 2. The number of amides is 1. The van der Waals surface area contributed by atoms with Gasteiger partial charge in [-0.15, -0.1) is 0 Å². The van der Waals surface area contributed by atoms with E-state index in [1.54, 1.807) is 43.3 Å². The van der Waals surface area contributed by atoms with Crippen molar-refractivity contribution in [3.05, 3.63) is 47.0 Å². The molecule has 1 heterocycles. The Bertz CT molecular complexity index is 878. The van der Waals surface area contributed by atoms with Crippen LogP contribution in [0.1, 0.15) is 12.5 Å². The number of anilines is 1. The molecule has 9 heteroatoms. The van der Waals surface area contributed by atoms with E-state index in [1.807, 2.05) is 6.92 Å². The second-order valence-electron chi connectivity index (χ2n) is 5.81. The van der Waals surface area contributed by atoms with Gasteiger partial charge in [0.05, 0.1) is 0 Å². The first kappa shape index (κ1) is 19.1. The van der Waals surface area contributed by atoms with E-state index in [0.29, 0.717) is 28.0 Å². The normalized spacial score (nSPS) is 12.9. The number of hydrogen-bond acceptors (Lipinski definition) is 5. The summed E-state index contributed by atoms with van der Waals surface area (Å²) in [6, 6.07) is 10.5. The van der Waals surface area contributed by atoms with E-state index in [4.69, 9.17) is 38.0 Å². The molecular weight excluding hydrogens is 390 g/mol. The minimum atomic E-state index is -0.730. The highest BCUT2D eigenvalue weighted by atomic mass is 35.5. The third-order valence-electron chi connectivity index (χ3n) is 3.74. The maximum Gasteiger partial charge on any atom is 0.279 e. The third kappa shape index (κ3) is 4.93. The summed E-state index contributed by atoms with van der Waals surface area (Å²) in [7, 11) is 0. The Balaban J connectivity index is 1.47. The molecule has 2 aromatic carbocycles. The Morgan fingerprint density at radius 2 is 1.96 bits per heavy atom. The summed E-state index contributed by atoms with van der Waals surface area (Å²) in [5, 5.41) is 3.80. The molecule has 142 valence electrons. The van der Waals surface area contributed by atoms with Crippen LogP contribution in [0, 0.1) is 6.92 Å². The van der Waals surface area contributed by atoms with Crippen molar-refractivity contribution in [2.75, 3.05) is 12.1 Å². The van der Waals surface area contributed by atoms with E-state index >= 15 is 0 Å². The maximum atomic E-state index is 12.2. The summed E-state index contributed by atoms with van der Waals surface area (Å²) in [6.07, 6.45) is -0.730. The molecule has 0 radical (unpaired) electrons. The van der Waals surface area contributed by atoms with Crippen molar-refractivity contribution in [1.82, 2.24) is 10.9 Å². The van der Waals surface area contributed by atoms with E-state index < -0.39 is 6.10 Å². The highest BCUT2D eigenvalue weighted by Crippen LogP contribution is 2.34. The molecule has 0 fully saturated rings. The molecular formula is C18H18ClN3O4S. The number of fused-ring (bicyclic) bond motifs is 1. The van der Waals surface area contributed by atoms with Gasteiger partial charge in [0.2, 0.25) is 6.79 Å². The zero-order valence-electron chi connectivity index (χ0n) is 14.7. The Morgan fingerprint density at radius 3 is 2.74 bits per heavy atom. The van der Waals surface area contributed by atoms with Crippen LogP contribution in [-0.2, 0) is 4.79 Å². The predicted octanol–water partition coefficient (Wildman–Crippen LogP) is 3.16. The summed E-state index contributed by atoms with van der Waals surface area (Å²) in [5.41, 5.74) is 6.71. The predicted molar refractivity (Wildman–Crippen MR) is 106 cm³/mol. The van der Waals surface area contributed by atoms with Gasteiger partial charge >= 0.3 is 0 Å². The maximum absolute atomic E-state index is 12.2. The van der Waals surface area contributed by atoms with Crippen LogP contribution in [0.4, 0.5) is 5.69 Å². The molecule has 0 aromatic heterocycles. The summed E-state index contributed by atoms with van der Waals surface area (Å²) in [6.45, 7) is 3.69. The van der Waals surface area contributed by atoms with Crippen LogP contribution in [0.3, 0.4) is 0 Å². The van der Waals surface area contributed by atoms with Gasteiger partial charge in [-0.3, -0.25) is 15.6 Å². The zero-order chi connectivity index (χ0) is 19.4. The Morgan fingerprint density at radius 1 is 1.19 bits per heavy atom. The molecule has 7 nitrogen and oxygen atoms in total. The topological polar surface area (TPSA) is 80.9 Å². The van der Waals surface area contributed by atoms with Crippen LogP contribution in [0.2, 0.25) is 5.02 Å². The molecule has 1 atom stereocenters. The first-order chi connectivity index (χ1) is 12.9. The molecule has 0 spiro atoms. The number of carbonyl (C=O) groups is 1. The number of halogens is 1. The van der Waals surface area contributed by atoms with Gasteiger partial charge in [0.15, 0.2) is 22.7 Å². The largest absolute Gasteiger partial charge is 0.481 e. The van der Waals surface area contributed by atoms with Gasteiger partial charge in [0.1, 0.15) is 5.75 Å². The van der Waals surface area contributed by atoms with Crippen molar-refractivity contribution in [2.24, 2.45) is 0 Å². The molecule has 3 N–H and O–H groups in total. The van der Waals surface area contributed by atoms with Crippen molar-refractivity contribution in [2.45, 2.75) is 20.0 Å². The lowest BCUT2D eigenvalue weighted by atomic mass is 10.2. The van der Waals surface area contributed by atoms with Gasteiger partial charge < -0.3 is 19.5 Å². The number of hydrazine groups is 1. The molecule has 0 bridgehead atoms. The van der Waals surface area contributed by atoms with Crippen LogP contribution in [-0.4, -0.2) is 23.9 Å². The van der Waals surface area contributed by atoms with Gasteiger partial charge in [-0.25, -0.2) is 0 Å². The summed E-state index contributed by atoms with van der Waals surface area (Å²) >= 11 is 11.1. The number of carbonyl (C=O) groups excluding carboxylic acids is 1. The molecule has 1 amide bonds. The van der Waals surface area contributed by atoms with E-state index in [0.717, 1.165) is 5.56 Å². The standard InChI is InChI=1S/C18H18ClN3O4S/c1-10-7-13(4-5-14(10)19)26-11(2)17(23)21-22-18(27)20-12-3-6-15-16(8-12)25-9-24-15/h3-8,11H,9H2,1-2H3,(H,21,23)(H2,20,22,27). The molecule has 0 saturated carbocycles. The first-order valence-electron chi connectivity index (χ1n) is 8.11. The summed E-state index contributed by atoms with van der Waals surface area (Å²) in [4.78, 5) is 12.2. The lowest BCUT2D eigenvalue weighted by molar-refractivity contribution is -0.127. The van der Waals surface area contributed by atoms with E-state index in [2.05, 4.69) is 16.2 Å². The fourth-order valence-corrected chi connectivity index (χ4v) is 2.59. The molecule has 2 aromatic rings. The lowest BCUT2D eigenvalue weighted by Crippen LogP contribution is -2.48. The fourth-order valence-electron chi connectivity index (χ4n) is 2.30. The summed E-state index contributed by atoms with van der Waals surface area (Å²) in [5.74, 6) is 1.49. The first-order valence-corrected chi connectivity index (χ1v) is 8.90. The molecule has 0 aliphatic carbocycles. The lowest BCUT2D eigenvalue weighted by Gasteiger charge is -2.17. The number of aryl methyl sites for hydroxylation is 1. The third-order valence-corrected chi connectivity index (χ3v) is 4.37. The molecule has 1 unspecified atom stereocenters. The molecule has 27 heavy (non-hydrogen) atoms. The van der Waals surface area contributed by atoms with Crippen molar-refractivity contribution in [1.29, 1.82) is 0 Å². The van der Waals surface area contributed by atoms with Crippen LogP contribution in [0.15, 0.2) is 36.4 Å². The monoisotopic (exact) mass is 407 g/mol. The van der Waals surface area contributed by atoms with Crippen LogP contribution < -0.4 is 30.4 Å². The van der Waals surface area contributed by atoms with Crippen molar-refractivity contribution < 1.29 is 19.0 Å². The SMILES string of the molecule is Cc1cc(OC(C)C(=O)NNC(=S)Nc2ccc3c(c2)OCO3)ccc1Cl. The van der Waals surface area contributed by atoms with Crippen LogP contribution in [0.5, 0.6) is 17.2 Å². The second kappa shape index (κ2) is 8.32. The van der Waals surface area contributed by atoms with Crippen molar-refractivity contribution >= 4 is 40.5 Å². The molecule has 3 rings (SSSR count). The molecule has 1 aliphatic rings. The van der Waals surface area contributed by atoms with Crippen molar-refractivity contribution in [3.63, 3.8) is 0 Å². The second-order valence-corrected chi connectivity index (χ2v) is 6.62.